The molecule has 0 fully saturated rings. The van der Waals surface area contributed by atoms with Gasteiger partial charge in [0.05, 0.1) is 7.11 Å². The number of halogens is 1. The van der Waals surface area contributed by atoms with E-state index in [1.807, 2.05) is 0 Å². The highest BCUT2D eigenvalue weighted by Crippen LogP contribution is 2.28. The molecule has 0 radical (unpaired) electrons. The summed E-state index contributed by atoms with van der Waals surface area (Å²) in [6.07, 6.45) is 4.41. The molecule has 0 saturated carbocycles. The predicted octanol–water partition coefficient (Wildman–Crippen LogP) is 4.11. The van der Waals surface area contributed by atoms with E-state index in [0.717, 1.165) is 0 Å². The summed E-state index contributed by atoms with van der Waals surface area (Å²) in [6, 6.07) is 11.9. The molecule has 1 amide bonds. The number of esters is 1. The summed E-state index contributed by atoms with van der Waals surface area (Å²) in [4.78, 5) is 23.6. The van der Waals surface area contributed by atoms with Crippen LogP contribution in [0.25, 0.3) is 6.08 Å². The number of ether oxygens (including phenoxy) is 3. The molecule has 0 unspecified atom stereocenters. The molecule has 6 nitrogen and oxygen atoms in total. The maximum absolute atomic E-state index is 11.8. The normalized spacial score (nSPS) is 10.4. The van der Waals surface area contributed by atoms with Gasteiger partial charge >= 0.3 is 5.97 Å². The van der Waals surface area contributed by atoms with Crippen molar-refractivity contribution in [3.05, 3.63) is 71.8 Å². The molecule has 2 rings (SSSR count). The second kappa shape index (κ2) is 10.8. The van der Waals surface area contributed by atoms with E-state index in [9.17, 15) is 9.59 Å². The monoisotopic (exact) mass is 401 g/mol. The Morgan fingerprint density at radius 2 is 2.00 bits per heavy atom. The molecular weight excluding hydrogens is 382 g/mol. The number of hydrogen-bond donors (Lipinski definition) is 1. The van der Waals surface area contributed by atoms with Crippen molar-refractivity contribution in [1.29, 1.82) is 0 Å². The molecule has 7 heteroatoms. The highest BCUT2D eigenvalue weighted by atomic mass is 35.5. The summed E-state index contributed by atoms with van der Waals surface area (Å²) in [6.45, 7) is 3.54. The minimum absolute atomic E-state index is 0.356. The molecule has 146 valence electrons. The van der Waals surface area contributed by atoms with Crippen molar-refractivity contribution in [2.75, 3.05) is 25.6 Å². The Morgan fingerprint density at radius 1 is 1.18 bits per heavy atom. The molecule has 1 N–H and O–H groups in total. The second-order valence-corrected chi connectivity index (χ2v) is 5.95. The van der Waals surface area contributed by atoms with Crippen LogP contribution in [0.5, 0.6) is 11.5 Å². The molecule has 0 aliphatic rings. The zero-order chi connectivity index (χ0) is 20.4. The van der Waals surface area contributed by atoms with E-state index in [4.69, 9.17) is 25.8 Å². The summed E-state index contributed by atoms with van der Waals surface area (Å²) in [5.74, 6) is -0.0142. The smallest absolute Gasteiger partial charge is 0.331 e. The number of anilines is 1. The van der Waals surface area contributed by atoms with Crippen molar-refractivity contribution in [2.24, 2.45) is 0 Å². The van der Waals surface area contributed by atoms with Crippen LogP contribution in [0, 0.1) is 0 Å². The molecule has 0 aliphatic heterocycles. The number of hydrogen-bond acceptors (Lipinski definition) is 5. The second-order valence-electron chi connectivity index (χ2n) is 5.51. The third-order valence-electron chi connectivity index (χ3n) is 3.41. The lowest BCUT2D eigenvalue weighted by Crippen LogP contribution is -2.20. The largest absolute Gasteiger partial charge is 0.493 e. The summed E-state index contributed by atoms with van der Waals surface area (Å²) < 4.78 is 15.7. The summed E-state index contributed by atoms with van der Waals surface area (Å²) in [7, 11) is 1.52. The number of carbonyl (C=O) groups excluding carboxylic acids is 2. The molecule has 0 bridgehead atoms. The van der Waals surface area contributed by atoms with E-state index < -0.39 is 18.5 Å². The van der Waals surface area contributed by atoms with Gasteiger partial charge in [0.25, 0.3) is 5.91 Å². The first-order valence-corrected chi connectivity index (χ1v) is 8.71. The number of rotatable bonds is 9. The van der Waals surface area contributed by atoms with E-state index in [2.05, 4.69) is 11.9 Å². The lowest BCUT2D eigenvalue weighted by molar-refractivity contribution is -0.142. The van der Waals surface area contributed by atoms with Gasteiger partial charge in [-0.25, -0.2) is 4.79 Å². The highest BCUT2D eigenvalue weighted by Gasteiger charge is 2.07. The Balaban J connectivity index is 1.87. The van der Waals surface area contributed by atoms with Crippen LogP contribution in [0.2, 0.25) is 5.02 Å². The van der Waals surface area contributed by atoms with Crippen molar-refractivity contribution >= 4 is 35.2 Å². The SMILES string of the molecule is C=CCOc1ccc(/C=C/C(=O)OCC(=O)Nc2cccc(Cl)c2)cc1OC. The van der Waals surface area contributed by atoms with Crippen molar-refractivity contribution in [3.63, 3.8) is 0 Å². The molecule has 0 aliphatic carbocycles. The van der Waals surface area contributed by atoms with Crippen LogP contribution in [0.15, 0.2) is 61.2 Å². The Morgan fingerprint density at radius 3 is 2.71 bits per heavy atom. The molecule has 0 spiro atoms. The standard InChI is InChI=1S/C21H20ClNO5/c1-3-11-27-18-9-7-15(12-19(18)26-2)8-10-21(25)28-14-20(24)23-17-6-4-5-16(22)13-17/h3-10,12-13H,1,11,14H2,2H3,(H,23,24)/b10-8+. The fourth-order valence-electron chi connectivity index (χ4n) is 2.17. The van der Waals surface area contributed by atoms with Crippen molar-refractivity contribution in [1.82, 2.24) is 0 Å². The summed E-state index contributed by atoms with van der Waals surface area (Å²) in [5.41, 5.74) is 1.23. The fourth-order valence-corrected chi connectivity index (χ4v) is 2.36. The third kappa shape index (κ3) is 6.81. The Labute approximate surface area is 168 Å². The van der Waals surface area contributed by atoms with Crippen molar-refractivity contribution in [3.8, 4) is 11.5 Å². The highest BCUT2D eigenvalue weighted by molar-refractivity contribution is 6.30. The number of benzene rings is 2. The van der Waals surface area contributed by atoms with Crippen LogP contribution in [0.3, 0.4) is 0 Å². The number of methoxy groups -OCH3 is 1. The number of nitrogens with one attached hydrogen (secondary N) is 1. The summed E-state index contributed by atoms with van der Waals surface area (Å²) >= 11 is 5.84. The van der Waals surface area contributed by atoms with E-state index >= 15 is 0 Å². The van der Waals surface area contributed by atoms with Gasteiger partial charge < -0.3 is 19.5 Å². The molecule has 0 aromatic heterocycles. The van der Waals surface area contributed by atoms with Crippen LogP contribution in [-0.2, 0) is 14.3 Å². The van der Waals surface area contributed by atoms with Crippen LogP contribution in [-0.4, -0.2) is 32.2 Å². The Hall–Kier alpha value is -3.25. The molecule has 2 aromatic rings. The minimum Gasteiger partial charge on any atom is -0.493 e. The minimum atomic E-state index is -0.646. The van der Waals surface area contributed by atoms with Gasteiger partial charge in [0.1, 0.15) is 6.61 Å². The fraction of sp³-hybridized carbons (Fsp3) is 0.143. The average Bonchev–Trinajstić information content (AvgIpc) is 2.69. The molecule has 0 atom stereocenters. The summed E-state index contributed by atoms with van der Waals surface area (Å²) in [5, 5.41) is 3.08. The van der Waals surface area contributed by atoms with Gasteiger partial charge in [-0.3, -0.25) is 4.79 Å². The van der Waals surface area contributed by atoms with Gasteiger partial charge in [0, 0.05) is 16.8 Å². The topological polar surface area (TPSA) is 73.9 Å². The van der Waals surface area contributed by atoms with Crippen LogP contribution in [0.4, 0.5) is 5.69 Å². The zero-order valence-electron chi connectivity index (χ0n) is 15.3. The van der Waals surface area contributed by atoms with Crippen LogP contribution < -0.4 is 14.8 Å². The Kier molecular flexibility index (Phi) is 8.11. The Bertz CT molecular complexity index is 879. The first-order chi connectivity index (χ1) is 13.5. The van der Waals surface area contributed by atoms with Gasteiger partial charge in [-0.15, -0.1) is 0 Å². The lowest BCUT2D eigenvalue weighted by atomic mass is 10.2. The molecule has 0 heterocycles. The lowest BCUT2D eigenvalue weighted by Gasteiger charge is -2.09. The first kappa shape index (κ1) is 21.1. The van der Waals surface area contributed by atoms with Gasteiger partial charge in [-0.05, 0) is 42.0 Å². The molecular formula is C21H20ClNO5. The molecule has 28 heavy (non-hydrogen) atoms. The predicted molar refractivity (Wildman–Crippen MR) is 109 cm³/mol. The van der Waals surface area contributed by atoms with E-state index in [1.54, 1.807) is 54.6 Å². The van der Waals surface area contributed by atoms with Gasteiger partial charge in [0.15, 0.2) is 18.1 Å². The zero-order valence-corrected chi connectivity index (χ0v) is 16.1. The quantitative estimate of drug-likeness (QED) is 0.389. The van der Waals surface area contributed by atoms with E-state index in [-0.39, 0.29) is 0 Å². The van der Waals surface area contributed by atoms with Gasteiger partial charge in [-0.2, -0.15) is 0 Å². The van der Waals surface area contributed by atoms with Crippen molar-refractivity contribution in [2.45, 2.75) is 0 Å². The average molecular weight is 402 g/mol. The van der Waals surface area contributed by atoms with E-state index in [1.165, 1.54) is 13.2 Å². The van der Waals surface area contributed by atoms with Gasteiger partial charge in [-0.1, -0.05) is 36.4 Å². The van der Waals surface area contributed by atoms with Gasteiger partial charge in [0.2, 0.25) is 0 Å². The van der Waals surface area contributed by atoms with Crippen LogP contribution in [0.1, 0.15) is 5.56 Å². The third-order valence-corrected chi connectivity index (χ3v) is 3.65. The van der Waals surface area contributed by atoms with Crippen molar-refractivity contribution < 1.29 is 23.8 Å². The first-order valence-electron chi connectivity index (χ1n) is 8.34. The molecule has 0 saturated heterocycles. The van der Waals surface area contributed by atoms with Crippen LogP contribution >= 0.6 is 11.6 Å². The van der Waals surface area contributed by atoms with E-state index in [0.29, 0.717) is 34.4 Å². The number of carbonyl (C=O) groups is 2. The maximum atomic E-state index is 11.8. The maximum Gasteiger partial charge on any atom is 0.331 e. The number of amides is 1. The molecule has 2 aromatic carbocycles.